The molecule has 21 heavy (non-hydrogen) atoms. The number of hydrogen-bond acceptors (Lipinski definition) is 3. The van der Waals surface area contributed by atoms with Gasteiger partial charge in [-0.15, -0.1) is 0 Å². The fourth-order valence-electron chi connectivity index (χ4n) is 2.39. The van der Waals surface area contributed by atoms with Crippen LogP contribution in [-0.4, -0.2) is 30.5 Å². The summed E-state index contributed by atoms with van der Waals surface area (Å²) in [6.07, 6.45) is 1.05. The molecule has 2 rings (SSSR count). The molecule has 0 spiro atoms. The molecular formula is C16H20N2O3. The molecule has 5 nitrogen and oxygen atoms in total. The molecule has 1 aromatic heterocycles. The van der Waals surface area contributed by atoms with Crippen LogP contribution in [0.3, 0.4) is 0 Å². The summed E-state index contributed by atoms with van der Waals surface area (Å²) in [5.41, 5.74) is 3.46. The first-order valence-electron chi connectivity index (χ1n) is 7.01. The largest absolute Gasteiger partial charge is 0.469 e. The number of fused-ring (bicyclic) bond motifs is 1. The van der Waals surface area contributed by atoms with Gasteiger partial charge in [-0.2, -0.15) is 0 Å². The minimum absolute atomic E-state index is 0.119. The molecule has 5 heteroatoms. The Morgan fingerprint density at radius 2 is 2.00 bits per heavy atom. The number of aryl methyl sites for hydroxylation is 1. The number of amides is 1. The van der Waals surface area contributed by atoms with Crippen LogP contribution in [0.1, 0.15) is 24.1 Å². The number of H-pyrrole nitrogens is 1. The topological polar surface area (TPSA) is 71.2 Å². The number of para-hydroxylation sites is 1. The van der Waals surface area contributed by atoms with E-state index in [4.69, 9.17) is 0 Å². The zero-order valence-electron chi connectivity index (χ0n) is 12.4. The lowest BCUT2D eigenvalue weighted by atomic mass is 10.1. The Kier molecular flexibility index (Phi) is 4.98. The van der Waals surface area contributed by atoms with Crippen molar-refractivity contribution in [2.75, 3.05) is 13.7 Å². The zero-order chi connectivity index (χ0) is 15.2. The van der Waals surface area contributed by atoms with E-state index >= 15 is 0 Å². The third-order valence-electron chi connectivity index (χ3n) is 3.51. The quantitative estimate of drug-likeness (QED) is 0.800. The number of hydrogen-bond donors (Lipinski definition) is 2. The average molecular weight is 288 g/mol. The Morgan fingerprint density at radius 1 is 1.24 bits per heavy atom. The van der Waals surface area contributed by atoms with Gasteiger partial charge in [0.2, 0.25) is 5.91 Å². The maximum absolute atomic E-state index is 11.6. The zero-order valence-corrected chi connectivity index (χ0v) is 12.4. The van der Waals surface area contributed by atoms with Gasteiger partial charge in [-0.1, -0.05) is 18.2 Å². The highest BCUT2D eigenvalue weighted by Gasteiger charge is 2.09. The summed E-state index contributed by atoms with van der Waals surface area (Å²) < 4.78 is 4.50. The molecular weight excluding hydrogens is 268 g/mol. The summed E-state index contributed by atoms with van der Waals surface area (Å²) in [6, 6.07) is 8.12. The number of esters is 1. The third-order valence-corrected chi connectivity index (χ3v) is 3.51. The van der Waals surface area contributed by atoms with Crippen LogP contribution < -0.4 is 5.32 Å². The van der Waals surface area contributed by atoms with Gasteiger partial charge in [0.15, 0.2) is 0 Å². The number of rotatable bonds is 6. The highest BCUT2D eigenvalue weighted by Crippen LogP contribution is 2.21. The van der Waals surface area contributed by atoms with E-state index in [1.54, 1.807) is 0 Å². The van der Waals surface area contributed by atoms with Crippen molar-refractivity contribution in [3.63, 3.8) is 0 Å². The van der Waals surface area contributed by atoms with Crippen LogP contribution >= 0.6 is 0 Å². The van der Waals surface area contributed by atoms with Crippen LogP contribution in [0.15, 0.2) is 24.3 Å². The van der Waals surface area contributed by atoms with Crippen LogP contribution in [0.5, 0.6) is 0 Å². The Hall–Kier alpha value is -2.30. The van der Waals surface area contributed by atoms with Crippen molar-refractivity contribution < 1.29 is 14.3 Å². The number of aromatic amines is 1. The van der Waals surface area contributed by atoms with Crippen LogP contribution in [-0.2, 0) is 20.7 Å². The normalized spacial score (nSPS) is 10.6. The molecule has 112 valence electrons. The van der Waals surface area contributed by atoms with Gasteiger partial charge in [-0.05, 0) is 25.0 Å². The van der Waals surface area contributed by atoms with E-state index < -0.39 is 0 Å². The van der Waals surface area contributed by atoms with Gasteiger partial charge >= 0.3 is 5.97 Å². The van der Waals surface area contributed by atoms with E-state index in [0.717, 1.165) is 17.6 Å². The van der Waals surface area contributed by atoms with Crippen molar-refractivity contribution >= 4 is 22.8 Å². The molecule has 0 aliphatic rings. The van der Waals surface area contributed by atoms with Gasteiger partial charge in [0.25, 0.3) is 0 Å². The highest BCUT2D eigenvalue weighted by atomic mass is 16.5. The maximum atomic E-state index is 11.6. The van der Waals surface area contributed by atoms with E-state index in [2.05, 4.69) is 21.1 Å². The lowest BCUT2D eigenvalue weighted by molar-refractivity contribution is -0.142. The Morgan fingerprint density at radius 3 is 2.76 bits per heavy atom. The molecule has 0 unspecified atom stereocenters. The summed E-state index contributed by atoms with van der Waals surface area (Å²) >= 11 is 0. The van der Waals surface area contributed by atoms with E-state index in [9.17, 15) is 9.59 Å². The van der Waals surface area contributed by atoms with E-state index in [0.29, 0.717) is 6.54 Å². The van der Waals surface area contributed by atoms with Crippen LogP contribution in [0.4, 0.5) is 0 Å². The molecule has 1 heterocycles. The van der Waals surface area contributed by atoms with Gasteiger partial charge in [-0.3, -0.25) is 9.59 Å². The number of carbonyl (C=O) groups excluding carboxylic acids is 2. The molecule has 1 aromatic carbocycles. The molecule has 2 N–H and O–H groups in total. The first-order chi connectivity index (χ1) is 10.1. The Labute approximate surface area is 123 Å². The number of ether oxygens (including phenoxy) is 1. The van der Waals surface area contributed by atoms with Gasteiger partial charge in [0.1, 0.15) is 0 Å². The van der Waals surface area contributed by atoms with E-state index in [1.165, 1.54) is 18.1 Å². The summed E-state index contributed by atoms with van der Waals surface area (Å²) in [5, 5.41) is 4.03. The number of nitrogens with one attached hydrogen (secondary N) is 2. The van der Waals surface area contributed by atoms with E-state index in [1.807, 2.05) is 25.1 Å². The fraction of sp³-hybridized carbons (Fsp3) is 0.375. The number of carbonyl (C=O) groups is 2. The minimum atomic E-state index is -0.363. The van der Waals surface area contributed by atoms with Gasteiger partial charge < -0.3 is 15.0 Å². The second-order valence-corrected chi connectivity index (χ2v) is 4.95. The molecule has 0 fully saturated rings. The summed E-state index contributed by atoms with van der Waals surface area (Å²) in [6.45, 7) is 2.59. The Balaban J connectivity index is 1.86. The summed E-state index contributed by atoms with van der Waals surface area (Å²) in [4.78, 5) is 25.9. The van der Waals surface area contributed by atoms with Crippen molar-refractivity contribution in [3.8, 4) is 0 Å². The minimum Gasteiger partial charge on any atom is -0.469 e. The molecule has 0 saturated carbocycles. The second-order valence-electron chi connectivity index (χ2n) is 4.95. The molecule has 0 saturated heterocycles. The first-order valence-corrected chi connectivity index (χ1v) is 7.01. The van der Waals surface area contributed by atoms with Gasteiger partial charge in [0.05, 0.1) is 13.5 Å². The van der Waals surface area contributed by atoms with E-state index in [-0.39, 0.29) is 24.7 Å². The molecule has 1 amide bonds. The smallest absolute Gasteiger partial charge is 0.306 e. The number of benzene rings is 1. The Bertz CT molecular complexity index is 646. The van der Waals surface area contributed by atoms with Crippen molar-refractivity contribution in [1.82, 2.24) is 10.3 Å². The molecule has 0 bridgehead atoms. The van der Waals surface area contributed by atoms with Gasteiger partial charge in [-0.25, -0.2) is 0 Å². The summed E-state index contributed by atoms with van der Waals surface area (Å²) in [5.74, 6) is -0.490. The maximum Gasteiger partial charge on any atom is 0.306 e. The molecule has 0 aliphatic carbocycles. The van der Waals surface area contributed by atoms with Crippen LogP contribution in [0, 0.1) is 6.92 Å². The predicted octanol–water partition coefficient (Wildman–Crippen LogP) is 2.09. The number of aromatic nitrogens is 1. The SMILES string of the molecule is COC(=O)CCC(=O)NCCc1c(C)[nH]c2ccccc12. The number of methoxy groups -OCH3 is 1. The first kappa shape index (κ1) is 15.1. The lowest BCUT2D eigenvalue weighted by Gasteiger charge is -2.05. The van der Waals surface area contributed by atoms with Crippen molar-refractivity contribution in [3.05, 3.63) is 35.5 Å². The molecule has 0 atom stereocenters. The van der Waals surface area contributed by atoms with Gasteiger partial charge in [0, 0.05) is 29.6 Å². The summed E-state index contributed by atoms with van der Waals surface area (Å²) in [7, 11) is 1.32. The third kappa shape index (κ3) is 3.84. The standard InChI is InChI=1S/C16H20N2O3/c1-11-12(13-5-3-4-6-14(13)18-11)9-10-17-15(19)7-8-16(20)21-2/h3-6,18H,7-10H2,1-2H3,(H,17,19). The average Bonchev–Trinajstić information content (AvgIpc) is 2.81. The van der Waals surface area contributed by atoms with Crippen molar-refractivity contribution in [1.29, 1.82) is 0 Å². The van der Waals surface area contributed by atoms with Crippen LogP contribution in [0.2, 0.25) is 0 Å². The van der Waals surface area contributed by atoms with Crippen molar-refractivity contribution in [2.45, 2.75) is 26.2 Å². The predicted molar refractivity (Wildman–Crippen MR) is 81.0 cm³/mol. The molecule has 2 aromatic rings. The monoisotopic (exact) mass is 288 g/mol. The lowest BCUT2D eigenvalue weighted by Crippen LogP contribution is -2.26. The fourth-order valence-corrected chi connectivity index (χ4v) is 2.39. The highest BCUT2D eigenvalue weighted by molar-refractivity contribution is 5.85. The van der Waals surface area contributed by atoms with Crippen molar-refractivity contribution in [2.24, 2.45) is 0 Å². The molecule has 0 radical (unpaired) electrons. The second kappa shape index (κ2) is 6.92. The molecule has 0 aliphatic heterocycles. The van der Waals surface area contributed by atoms with Crippen LogP contribution in [0.25, 0.3) is 10.9 Å².